The number of hydrogen-bond donors (Lipinski definition) is 2. The first kappa shape index (κ1) is 12.7. The van der Waals surface area contributed by atoms with Crippen LogP contribution in [0.25, 0.3) is 0 Å². The summed E-state index contributed by atoms with van der Waals surface area (Å²) < 4.78 is 0. The van der Waals surface area contributed by atoms with Crippen molar-refractivity contribution in [2.45, 2.75) is 20.8 Å². The summed E-state index contributed by atoms with van der Waals surface area (Å²) in [5.74, 6) is 0.0316. The molecule has 0 saturated carbocycles. The van der Waals surface area contributed by atoms with Crippen LogP contribution in [0.2, 0.25) is 0 Å². The minimum atomic E-state index is -0.0594. The SMILES string of the molecule is Cc1cccc(C)c1C(=O)NCC(C)CO. The van der Waals surface area contributed by atoms with Crippen LogP contribution < -0.4 is 5.32 Å². The molecule has 0 spiro atoms. The fraction of sp³-hybridized carbons (Fsp3) is 0.462. The van der Waals surface area contributed by atoms with Crippen LogP contribution in [0.4, 0.5) is 0 Å². The van der Waals surface area contributed by atoms with Crippen LogP contribution in [-0.2, 0) is 0 Å². The van der Waals surface area contributed by atoms with Gasteiger partial charge in [-0.25, -0.2) is 0 Å². The molecule has 16 heavy (non-hydrogen) atoms. The van der Waals surface area contributed by atoms with Gasteiger partial charge in [0.15, 0.2) is 0 Å². The Labute approximate surface area is 96.5 Å². The third kappa shape index (κ3) is 3.07. The maximum Gasteiger partial charge on any atom is 0.251 e. The molecular weight excluding hydrogens is 202 g/mol. The Kier molecular flexibility index (Phi) is 4.50. The van der Waals surface area contributed by atoms with Crippen LogP contribution >= 0.6 is 0 Å². The molecular formula is C13H19NO2. The van der Waals surface area contributed by atoms with Crippen LogP contribution in [0.5, 0.6) is 0 Å². The number of carbonyl (C=O) groups is 1. The van der Waals surface area contributed by atoms with E-state index in [0.29, 0.717) is 6.54 Å². The lowest BCUT2D eigenvalue weighted by atomic mass is 10.0. The fourth-order valence-corrected chi connectivity index (χ4v) is 1.59. The van der Waals surface area contributed by atoms with Crippen molar-refractivity contribution in [2.75, 3.05) is 13.2 Å². The molecule has 1 aromatic rings. The molecule has 1 atom stereocenters. The highest BCUT2D eigenvalue weighted by atomic mass is 16.3. The van der Waals surface area contributed by atoms with Crippen molar-refractivity contribution >= 4 is 5.91 Å². The maximum absolute atomic E-state index is 11.9. The van der Waals surface area contributed by atoms with Crippen LogP contribution in [0.15, 0.2) is 18.2 Å². The summed E-state index contributed by atoms with van der Waals surface area (Å²) in [5.41, 5.74) is 2.70. The molecule has 1 rings (SSSR count). The Morgan fingerprint density at radius 2 is 1.94 bits per heavy atom. The average molecular weight is 221 g/mol. The Morgan fingerprint density at radius 3 is 2.44 bits per heavy atom. The van der Waals surface area contributed by atoms with Crippen molar-refractivity contribution in [3.8, 4) is 0 Å². The van der Waals surface area contributed by atoms with E-state index in [4.69, 9.17) is 5.11 Å². The van der Waals surface area contributed by atoms with E-state index in [9.17, 15) is 4.79 Å². The van der Waals surface area contributed by atoms with Crippen LogP contribution in [-0.4, -0.2) is 24.2 Å². The van der Waals surface area contributed by atoms with Gasteiger partial charge < -0.3 is 10.4 Å². The first-order valence-electron chi connectivity index (χ1n) is 5.51. The molecule has 0 fully saturated rings. The van der Waals surface area contributed by atoms with Gasteiger partial charge in [-0.1, -0.05) is 25.1 Å². The predicted octanol–water partition coefficient (Wildman–Crippen LogP) is 1.66. The second-order valence-corrected chi connectivity index (χ2v) is 4.26. The summed E-state index contributed by atoms with van der Waals surface area (Å²) in [5, 5.41) is 11.7. The number of benzene rings is 1. The molecule has 0 radical (unpaired) electrons. The zero-order valence-corrected chi connectivity index (χ0v) is 10.1. The lowest BCUT2D eigenvalue weighted by Gasteiger charge is -2.12. The molecule has 88 valence electrons. The highest BCUT2D eigenvalue weighted by Crippen LogP contribution is 2.12. The predicted molar refractivity (Wildman–Crippen MR) is 64.5 cm³/mol. The highest BCUT2D eigenvalue weighted by Gasteiger charge is 2.12. The third-order valence-corrected chi connectivity index (χ3v) is 2.63. The molecule has 0 saturated heterocycles. The van der Waals surface area contributed by atoms with E-state index >= 15 is 0 Å². The molecule has 0 aliphatic heterocycles. The third-order valence-electron chi connectivity index (χ3n) is 2.63. The quantitative estimate of drug-likeness (QED) is 0.812. The topological polar surface area (TPSA) is 49.3 Å². The lowest BCUT2D eigenvalue weighted by Crippen LogP contribution is -2.30. The van der Waals surface area contributed by atoms with Crippen LogP contribution in [0.3, 0.4) is 0 Å². The molecule has 0 bridgehead atoms. The van der Waals surface area contributed by atoms with Crippen molar-refractivity contribution in [1.82, 2.24) is 5.32 Å². The monoisotopic (exact) mass is 221 g/mol. The summed E-state index contributed by atoms with van der Waals surface area (Å²) in [6.07, 6.45) is 0. The van der Waals surface area contributed by atoms with Crippen molar-refractivity contribution < 1.29 is 9.90 Å². The number of amides is 1. The molecule has 0 aromatic heterocycles. The first-order chi connectivity index (χ1) is 7.56. The largest absolute Gasteiger partial charge is 0.396 e. The molecule has 1 amide bonds. The molecule has 0 heterocycles. The number of nitrogens with one attached hydrogen (secondary N) is 1. The van der Waals surface area contributed by atoms with Gasteiger partial charge in [0.1, 0.15) is 0 Å². The Morgan fingerprint density at radius 1 is 1.38 bits per heavy atom. The fourth-order valence-electron chi connectivity index (χ4n) is 1.59. The number of carbonyl (C=O) groups excluding carboxylic acids is 1. The van der Waals surface area contributed by atoms with Gasteiger partial charge >= 0.3 is 0 Å². The van der Waals surface area contributed by atoms with Gasteiger partial charge in [-0.15, -0.1) is 0 Å². The summed E-state index contributed by atoms with van der Waals surface area (Å²) in [4.78, 5) is 11.9. The normalized spacial score (nSPS) is 12.2. The van der Waals surface area contributed by atoms with Crippen molar-refractivity contribution in [3.63, 3.8) is 0 Å². The highest BCUT2D eigenvalue weighted by molar-refractivity contribution is 5.97. The molecule has 0 aliphatic carbocycles. The van der Waals surface area contributed by atoms with Gasteiger partial charge in [0.25, 0.3) is 5.91 Å². The number of aliphatic hydroxyl groups is 1. The average Bonchev–Trinajstić information content (AvgIpc) is 2.25. The minimum Gasteiger partial charge on any atom is -0.396 e. The van der Waals surface area contributed by atoms with Crippen molar-refractivity contribution in [1.29, 1.82) is 0 Å². The zero-order valence-electron chi connectivity index (χ0n) is 10.1. The summed E-state index contributed by atoms with van der Waals surface area (Å²) in [6.45, 7) is 6.34. The van der Waals surface area contributed by atoms with Crippen LogP contribution in [0.1, 0.15) is 28.4 Å². The van der Waals surface area contributed by atoms with E-state index in [0.717, 1.165) is 16.7 Å². The minimum absolute atomic E-state index is 0.0594. The second kappa shape index (κ2) is 5.66. The Balaban J connectivity index is 2.73. The van der Waals surface area contributed by atoms with Gasteiger partial charge in [0, 0.05) is 18.7 Å². The van der Waals surface area contributed by atoms with E-state index in [2.05, 4.69) is 5.32 Å². The van der Waals surface area contributed by atoms with Crippen LogP contribution in [0, 0.1) is 19.8 Å². The van der Waals surface area contributed by atoms with E-state index in [-0.39, 0.29) is 18.4 Å². The molecule has 2 N–H and O–H groups in total. The smallest absolute Gasteiger partial charge is 0.251 e. The standard InChI is InChI=1S/C13H19NO2/c1-9(8-15)7-14-13(16)12-10(2)5-4-6-11(12)3/h4-6,9,15H,7-8H2,1-3H3,(H,14,16). The second-order valence-electron chi connectivity index (χ2n) is 4.26. The molecule has 0 aliphatic rings. The van der Waals surface area contributed by atoms with Gasteiger partial charge in [-0.05, 0) is 30.9 Å². The number of rotatable bonds is 4. The van der Waals surface area contributed by atoms with Gasteiger partial charge in [0.05, 0.1) is 0 Å². The Bertz CT molecular complexity index is 354. The number of aryl methyl sites for hydroxylation is 2. The van der Waals surface area contributed by atoms with Gasteiger partial charge in [-0.2, -0.15) is 0 Å². The van der Waals surface area contributed by atoms with E-state index in [1.165, 1.54) is 0 Å². The summed E-state index contributed by atoms with van der Waals surface area (Å²) in [7, 11) is 0. The van der Waals surface area contributed by atoms with Crippen molar-refractivity contribution in [2.24, 2.45) is 5.92 Å². The number of hydrogen-bond acceptors (Lipinski definition) is 2. The Hall–Kier alpha value is -1.35. The van der Waals surface area contributed by atoms with E-state index < -0.39 is 0 Å². The van der Waals surface area contributed by atoms with Gasteiger partial charge in [0.2, 0.25) is 0 Å². The van der Waals surface area contributed by atoms with Gasteiger partial charge in [-0.3, -0.25) is 4.79 Å². The first-order valence-corrected chi connectivity index (χ1v) is 5.51. The summed E-state index contributed by atoms with van der Waals surface area (Å²) >= 11 is 0. The summed E-state index contributed by atoms with van der Waals surface area (Å²) in [6, 6.07) is 5.80. The maximum atomic E-state index is 11.9. The molecule has 1 unspecified atom stereocenters. The molecule has 3 heteroatoms. The van der Waals surface area contributed by atoms with E-state index in [1.807, 2.05) is 39.0 Å². The van der Waals surface area contributed by atoms with E-state index in [1.54, 1.807) is 0 Å². The molecule has 1 aromatic carbocycles. The number of aliphatic hydroxyl groups excluding tert-OH is 1. The van der Waals surface area contributed by atoms with Crippen molar-refractivity contribution in [3.05, 3.63) is 34.9 Å². The zero-order chi connectivity index (χ0) is 12.1. The molecule has 3 nitrogen and oxygen atoms in total. The lowest BCUT2D eigenvalue weighted by molar-refractivity contribution is 0.0941.